The summed E-state index contributed by atoms with van der Waals surface area (Å²) in [7, 11) is 1.52. The molecule has 0 N–H and O–H groups in total. The molecule has 1 aromatic carbocycles. The third kappa shape index (κ3) is 3.13. The molecule has 0 aliphatic rings. The van der Waals surface area contributed by atoms with Gasteiger partial charge in [-0.3, -0.25) is 0 Å². The molecule has 0 heterocycles. The zero-order chi connectivity index (χ0) is 13.7. The van der Waals surface area contributed by atoms with Gasteiger partial charge in [0.15, 0.2) is 17.4 Å². The van der Waals surface area contributed by atoms with E-state index < -0.39 is 34.6 Å². The molecule has 0 spiro atoms. The number of hydrogen-bond acceptors (Lipinski definition) is 2. The Labute approximate surface area is 103 Å². The molecule has 0 amide bonds. The van der Waals surface area contributed by atoms with Gasteiger partial charge < -0.3 is 9.47 Å². The van der Waals surface area contributed by atoms with Crippen molar-refractivity contribution in [1.29, 1.82) is 0 Å². The highest BCUT2D eigenvalue weighted by Gasteiger charge is 2.24. The Morgan fingerprint density at radius 3 is 1.83 bits per heavy atom. The van der Waals surface area contributed by atoms with E-state index in [-0.39, 0.29) is 6.61 Å². The van der Waals surface area contributed by atoms with Crippen LogP contribution in [0.1, 0.15) is 18.4 Å². The summed E-state index contributed by atoms with van der Waals surface area (Å²) in [5.74, 6) is -6.87. The average Bonchev–Trinajstić information content (AvgIpc) is 2.37. The Hall–Kier alpha value is -1.30. The monoisotopic (exact) mass is 266 g/mol. The standard InChI is InChI=1S/C12H14F4O2/c1-7-8(13)10(15)12(11(16)9(7)14)18-6-4-3-5-17-2/h3-6H2,1-2H3. The lowest BCUT2D eigenvalue weighted by Crippen LogP contribution is -2.07. The molecule has 0 atom stereocenters. The molecule has 0 aliphatic carbocycles. The average molecular weight is 266 g/mol. The van der Waals surface area contributed by atoms with Crippen LogP contribution in [0.5, 0.6) is 5.75 Å². The molecule has 2 nitrogen and oxygen atoms in total. The van der Waals surface area contributed by atoms with Crippen LogP contribution >= 0.6 is 0 Å². The first-order valence-electron chi connectivity index (χ1n) is 5.45. The van der Waals surface area contributed by atoms with Gasteiger partial charge in [-0.15, -0.1) is 0 Å². The summed E-state index contributed by atoms with van der Waals surface area (Å²) in [4.78, 5) is 0. The van der Waals surface area contributed by atoms with Crippen molar-refractivity contribution in [3.05, 3.63) is 28.8 Å². The van der Waals surface area contributed by atoms with Gasteiger partial charge in [0.1, 0.15) is 0 Å². The van der Waals surface area contributed by atoms with Crippen molar-refractivity contribution in [3.63, 3.8) is 0 Å². The zero-order valence-corrected chi connectivity index (χ0v) is 10.2. The number of unbranched alkanes of at least 4 members (excludes halogenated alkanes) is 1. The summed E-state index contributed by atoms with van der Waals surface area (Å²) < 4.78 is 62.6. The molecule has 0 saturated heterocycles. The van der Waals surface area contributed by atoms with Crippen LogP contribution in [0.25, 0.3) is 0 Å². The second-order valence-electron chi connectivity index (χ2n) is 3.76. The lowest BCUT2D eigenvalue weighted by atomic mass is 10.2. The van der Waals surface area contributed by atoms with E-state index in [1.54, 1.807) is 0 Å². The molecule has 0 radical (unpaired) electrons. The molecule has 6 heteroatoms. The van der Waals surface area contributed by atoms with Crippen molar-refractivity contribution < 1.29 is 27.0 Å². The summed E-state index contributed by atoms with van der Waals surface area (Å²) in [6.07, 6.45) is 1.08. The zero-order valence-electron chi connectivity index (χ0n) is 10.2. The first-order valence-corrected chi connectivity index (χ1v) is 5.45. The van der Waals surface area contributed by atoms with Gasteiger partial charge in [-0.25, -0.2) is 8.78 Å². The van der Waals surface area contributed by atoms with E-state index in [9.17, 15) is 17.6 Å². The summed E-state index contributed by atoms with van der Waals surface area (Å²) in [6.45, 7) is 1.39. The molecular weight excluding hydrogens is 252 g/mol. The highest BCUT2D eigenvalue weighted by Crippen LogP contribution is 2.29. The molecule has 0 bridgehead atoms. The van der Waals surface area contributed by atoms with Gasteiger partial charge in [0.25, 0.3) is 0 Å². The Morgan fingerprint density at radius 2 is 1.33 bits per heavy atom. The Kier molecular flexibility index (Phi) is 5.40. The van der Waals surface area contributed by atoms with Gasteiger partial charge in [0, 0.05) is 19.3 Å². The van der Waals surface area contributed by atoms with Crippen molar-refractivity contribution >= 4 is 0 Å². The minimum atomic E-state index is -1.50. The summed E-state index contributed by atoms with van der Waals surface area (Å²) in [6, 6.07) is 0. The van der Waals surface area contributed by atoms with E-state index in [0.717, 1.165) is 6.92 Å². The molecular formula is C12H14F4O2. The topological polar surface area (TPSA) is 18.5 Å². The minimum absolute atomic E-state index is 0.0425. The van der Waals surface area contributed by atoms with Gasteiger partial charge in [0.05, 0.1) is 6.61 Å². The lowest BCUT2D eigenvalue weighted by molar-refractivity contribution is 0.181. The second-order valence-corrected chi connectivity index (χ2v) is 3.76. The van der Waals surface area contributed by atoms with Crippen LogP contribution in [0, 0.1) is 30.2 Å². The molecule has 1 aromatic rings. The molecule has 0 saturated carbocycles. The highest BCUT2D eigenvalue weighted by molar-refractivity contribution is 5.33. The molecule has 0 unspecified atom stereocenters. The van der Waals surface area contributed by atoms with Crippen molar-refractivity contribution in [2.24, 2.45) is 0 Å². The number of benzene rings is 1. The van der Waals surface area contributed by atoms with Crippen LogP contribution in [0.2, 0.25) is 0 Å². The highest BCUT2D eigenvalue weighted by atomic mass is 19.2. The van der Waals surface area contributed by atoms with E-state index >= 15 is 0 Å². The lowest BCUT2D eigenvalue weighted by Gasteiger charge is -2.11. The van der Waals surface area contributed by atoms with Gasteiger partial charge >= 0.3 is 0 Å². The normalized spacial score (nSPS) is 10.8. The van der Waals surface area contributed by atoms with Crippen LogP contribution in [0.3, 0.4) is 0 Å². The molecule has 0 fully saturated rings. The maximum Gasteiger partial charge on any atom is 0.204 e. The fraction of sp³-hybridized carbons (Fsp3) is 0.500. The Balaban J connectivity index is 2.77. The van der Waals surface area contributed by atoms with Crippen LogP contribution in [0.15, 0.2) is 0 Å². The van der Waals surface area contributed by atoms with Gasteiger partial charge in [0.2, 0.25) is 11.6 Å². The van der Waals surface area contributed by atoms with Crippen molar-refractivity contribution in [2.45, 2.75) is 19.8 Å². The largest absolute Gasteiger partial charge is 0.487 e. The van der Waals surface area contributed by atoms with Crippen molar-refractivity contribution in [2.75, 3.05) is 20.3 Å². The van der Waals surface area contributed by atoms with E-state index in [1.165, 1.54) is 7.11 Å². The van der Waals surface area contributed by atoms with Gasteiger partial charge in [-0.05, 0) is 19.8 Å². The predicted molar refractivity (Wildman–Crippen MR) is 57.6 cm³/mol. The maximum absolute atomic E-state index is 13.3. The number of methoxy groups -OCH3 is 1. The number of ether oxygens (including phenoxy) is 2. The SMILES string of the molecule is COCCCCOc1c(F)c(F)c(C)c(F)c1F. The quantitative estimate of drug-likeness (QED) is 0.446. The fourth-order valence-corrected chi connectivity index (χ4v) is 1.37. The molecule has 0 aliphatic heterocycles. The van der Waals surface area contributed by atoms with Crippen molar-refractivity contribution in [3.8, 4) is 5.75 Å². The van der Waals surface area contributed by atoms with Gasteiger partial charge in [-0.2, -0.15) is 8.78 Å². The minimum Gasteiger partial charge on any atom is -0.487 e. The fourth-order valence-electron chi connectivity index (χ4n) is 1.37. The van der Waals surface area contributed by atoms with Crippen LogP contribution in [-0.4, -0.2) is 20.3 Å². The van der Waals surface area contributed by atoms with Gasteiger partial charge in [-0.1, -0.05) is 0 Å². The van der Waals surface area contributed by atoms with E-state index in [4.69, 9.17) is 9.47 Å². The number of halogens is 4. The van der Waals surface area contributed by atoms with E-state index in [2.05, 4.69) is 0 Å². The first kappa shape index (κ1) is 14.8. The number of rotatable bonds is 6. The first-order chi connectivity index (χ1) is 8.50. The van der Waals surface area contributed by atoms with Crippen LogP contribution in [-0.2, 0) is 4.74 Å². The smallest absolute Gasteiger partial charge is 0.204 e. The molecule has 0 aromatic heterocycles. The third-order valence-corrected chi connectivity index (χ3v) is 2.43. The predicted octanol–water partition coefficient (Wildman–Crippen LogP) is 3.36. The maximum atomic E-state index is 13.3. The van der Waals surface area contributed by atoms with E-state index in [1.807, 2.05) is 0 Å². The summed E-state index contributed by atoms with van der Waals surface area (Å²) >= 11 is 0. The molecule has 18 heavy (non-hydrogen) atoms. The summed E-state index contributed by atoms with van der Waals surface area (Å²) in [5, 5.41) is 0. The Morgan fingerprint density at radius 1 is 0.833 bits per heavy atom. The Bertz CT molecular complexity index is 392. The van der Waals surface area contributed by atoms with Crippen molar-refractivity contribution in [1.82, 2.24) is 0 Å². The summed E-state index contributed by atoms with van der Waals surface area (Å²) in [5.41, 5.74) is -0.697. The molecule has 102 valence electrons. The van der Waals surface area contributed by atoms with Crippen LogP contribution < -0.4 is 4.74 Å². The van der Waals surface area contributed by atoms with E-state index in [0.29, 0.717) is 19.4 Å². The molecule has 1 rings (SSSR count). The third-order valence-electron chi connectivity index (χ3n) is 2.43. The number of hydrogen-bond donors (Lipinski definition) is 0. The van der Waals surface area contributed by atoms with Crippen LogP contribution in [0.4, 0.5) is 17.6 Å². The second kappa shape index (κ2) is 6.58.